The van der Waals surface area contributed by atoms with Gasteiger partial charge in [-0.15, -0.1) is 0 Å². The number of carbonyl (C=O) groups is 2. The summed E-state index contributed by atoms with van der Waals surface area (Å²) in [6.07, 6.45) is 3.62. The van der Waals surface area contributed by atoms with Crippen molar-refractivity contribution >= 4 is 21.9 Å². The van der Waals surface area contributed by atoms with E-state index < -0.39 is 16.0 Å². The Morgan fingerprint density at radius 3 is 2.48 bits per heavy atom. The number of pyridine rings is 1. The van der Waals surface area contributed by atoms with E-state index in [0.717, 1.165) is 5.56 Å². The maximum Gasteiger partial charge on any atom is 0.325 e. The van der Waals surface area contributed by atoms with Crippen LogP contribution in [0.25, 0.3) is 0 Å². The Hall–Kier alpha value is -2.78. The molecule has 1 saturated heterocycles. The van der Waals surface area contributed by atoms with Gasteiger partial charge in [0.1, 0.15) is 18.0 Å². The summed E-state index contributed by atoms with van der Waals surface area (Å²) >= 11 is 0. The lowest BCUT2D eigenvalue weighted by Gasteiger charge is -2.30. The van der Waals surface area contributed by atoms with E-state index in [-0.39, 0.29) is 43.0 Å². The summed E-state index contributed by atoms with van der Waals surface area (Å²) in [6, 6.07) is 12.3. The monoisotopic (exact) mass is 417 g/mol. The van der Waals surface area contributed by atoms with E-state index >= 15 is 0 Å². The Morgan fingerprint density at radius 2 is 1.83 bits per heavy atom. The molecule has 0 saturated carbocycles. The number of nitrogens with one attached hydrogen (secondary N) is 1. The van der Waals surface area contributed by atoms with Gasteiger partial charge in [-0.25, -0.2) is 8.42 Å². The molecule has 29 heavy (non-hydrogen) atoms. The van der Waals surface area contributed by atoms with Crippen LogP contribution in [0.15, 0.2) is 59.8 Å². The Bertz CT molecular complexity index is 927. The second kappa shape index (κ2) is 9.62. The maximum atomic E-state index is 12.6. The van der Waals surface area contributed by atoms with Gasteiger partial charge in [0.2, 0.25) is 15.9 Å². The third kappa shape index (κ3) is 5.61. The number of nitrogens with zero attached hydrogens (tertiary/aromatic N) is 2. The molecule has 1 aliphatic heterocycles. The molecule has 2 aromatic rings. The highest BCUT2D eigenvalue weighted by atomic mass is 32.2. The van der Waals surface area contributed by atoms with Crippen molar-refractivity contribution in [2.24, 2.45) is 5.92 Å². The predicted molar refractivity (Wildman–Crippen MR) is 105 cm³/mol. The molecule has 0 spiro atoms. The zero-order valence-corrected chi connectivity index (χ0v) is 16.7. The Kier molecular flexibility index (Phi) is 6.95. The van der Waals surface area contributed by atoms with Gasteiger partial charge in [-0.2, -0.15) is 4.31 Å². The molecule has 9 heteroatoms. The minimum Gasteiger partial charge on any atom is -0.460 e. The minimum atomic E-state index is -3.61. The first-order valence-corrected chi connectivity index (χ1v) is 10.8. The number of sulfonamides is 1. The molecule has 1 amide bonds. The van der Waals surface area contributed by atoms with E-state index in [1.54, 1.807) is 6.07 Å². The first-order valence-electron chi connectivity index (χ1n) is 9.34. The van der Waals surface area contributed by atoms with Gasteiger partial charge in [-0.1, -0.05) is 30.3 Å². The van der Waals surface area contributed by atoms with Gasteiger partial charge < -0.3 is 10.1 Å². The largest absolute Gasteiger partial charge is 0.460 e. The van der Waals surface area contributed by atoms with E-state index in [0.29, 0.717) is 12.8 Å². The number of carbonyl (C=O) groups excluding carboxylic acids is 2. The molecule has 1 aliphatic rings. The molecular weight excluding hydrogens is 394 g/mol. The number of piperidine rings is 1. The lowest BCUT2D eigenvalue weighted by molar-refractivity contribution is -0.145. The van der Waals surface area contributed by atoms with Gasteiger partial charge in [0.05, 0.1) is 0 Å². The van der Waals surface area contributed by atoms with Crippen LogP contribution in [0.4, 0.5) is 0 Å². The molecule has 0 bridgehead atoms. The predicted octanol–water partition coefficient (Wildman–Crippen LogP) is 1.34. The van der Waals surface area contributed by atoms with Crippen LogP contribution in [0.5, 0.6) is 0 Å². The zero-order valence-electron chi connectivity index (χ0n) is 15.9. The molecule has 1 fully saturated rings. The molecule has 1 aromatic carbocycles. The Balaban J connectivity index is 1.42. The number of esters is 1. The van der Waals surface area contributed by atoms with Crippen molar-refractivity contribution in [2.45, 2.75) is 24.3 Å². The molecule has 2 heterocycles. The van der Waals surface area contributed by atoms with Gasteiger partial charge >= 0.3 is 5.97 Å². The van der Waals surface area contributed by atoms with Crippen LogP contribution in [0, 0.1) is 5.92 Å². The SMILES string of the molecule is O=C(CNC(=O)C1CCN(S(=O)(=O)c2cccnc2)CC1)OCc1ccccc1. The highest BCUT2D eigenvalue weighted by Gasteiger charge is 2.32. The van der Waals surface area contributed by atoms with Crippen LogP contribution in [0.2, 0.25) is 0 Å². The van der Waals surface area contributed by atoms with Crippen molar-refractivity contribution in [3.05, 3.63) is 60.4 Å². The van der Waals surface area contributed by atoms with Crippen LogP contribution < -0.4 is 5.32 Å². The van der Waals surface area contributed by atoms with E-state index in [9.17, 15) is 18.0 Å². The van der Waals surface area contributed by atoms with Crippen LogP contribution >= 0.6 is 0 Å². The van der Waals surface area contributed by atoms with Gasteiger partial charge in [0, 0.05) is 31.4 Å². The smallest absolute Gasteiger partial charge is 0.325 e. The van der Waals surface area contributed by atoms with Crippen LogP contribution in [0.1, 0.15) is 18.4 Å². The van der Waals surface area contributed by atoms with Crippen molar-refractivity contribution in [3.63, 3.8) is 0 Å². The lowest BCUT2D eigenvalue weighted by atomic mass is 9.97. The third-order valence-corrected chi connectivity index (χ3v) is 6.63. The number of rotatable bonds is 7. The average Bonchev–Trinajstić information content (AvgIpc) is 2.77. The summed E-state index contributed by atoms with van der Waals surface area (Å²) in [5.74, 6) is -1.11. The fourth-order valence-electron chi connectivity index (χ4n) is 3.10. The molecule has 0 aliphatic carbocycles. The summed E-state index contributed by atoms with van der Waals surface area (Å²) in [4.78, 5) is 28.1. The van der Waals surface area contributed by atoms with E-state index in [4.69, 9.17) is 4.74 Å². The summed E-state index contributed by atoms with van der Waals surface area (Å²) in [7, 11) is -3.61. The highest BCUT2D eigenvalue weighted by Crippen LogP contribution is 2.23. The van der Waals surface area contributed by atoms with Crippen molar-refractivity contribution in [3.8, 4) is 0 Å². The molecule has 0 atom stereocenters. The number of aromatic nitrogens is 1. The molecule has 3 rings (SSSR count). The van der Waals surface area contributed by atoms with Crippen molar-refractivity contribution in [2.75, 3.05) is 19.6 Å². The maximum absolute atomic E-state index is 12.6. The van der Waals surface area contributed by atoms with Crippen LogP contribution in [-0.2, 0) is 31.0 Å². The average molecular weight is 417 g/mol. The van der Waals surface area contributed by atoms with Gasteiger partial charge in [0.15, 0.2) is 0 Å². The fourth-order valence-corrected chi connectivity index (χ4v) is 4.53. The second-order valence-corrected chi connectivity index (χ2v) is 8.67. The normalized spacial score (nSPS) is 15.6. The standard InChI is InChI=1S/C20H23N3O5S/c24-19(28-15-16-5-2-1-3-6-16)14-22-20(25)17-8-11-23(12-9-17)29(26,27)18-7-4-10-21-13-18/h1-7,10,13,17H,8-9,11-12,14-15H2,(H,22,25). The zero-order chi connectivity index (χ0) is 20.7. The molecule has 1 N–H and O–H groups in total. The Morgan fingerprint density at radius 1 is 1.10 bits per heavy atom. The Labute approximate surface area is 169 Å². The van der Waals surface area contributed by atoms with Crippen molar-refractivity contribution in [1.82, 2.24) is 14.6 Å². The summed E-state index contributed by atoms with van der Waals surface area (Å²) in [5.41, 5.74) is 0.870. The molecule has 0 radical (unpaired) electrons. The van der Waals surface area contributed by atoms with Gasteiger partial charge in [0.25, 0.3) is 0 Å². The van der Waals surface area contributed by atoms with Gasteiger partial charge in [-0.3, -0.25) is 14.6 Å². The van der Waals surface area contributed by atoms with Crippen molar-refractivity contribution in [1.29, 1.82) is 0 Å². The number of ether oxygens (including phenoxy) is 1. The van der Waals surface area contributed by atoms with Crippen LogP contribution in [0.3, 0.4) is 0 Å². The summed E-state index contributed by atoms with van der Waals surface area (Å²) in [5, 5.41) is 2.58. The van der Waals surface area contributed by atoms with E-state index in [1.165, 1.54) is 22.8 Å². The molecule has 1 aromatic heterocycles. The summed E-state index contributed by atoms with van der Waals surface area (Å²) in [6.45, 7) is 0.432. The molecule has 8 nitrogen and oxygen atoms in total. The van der Waals surface area contributed by atoms with E-state index in [1.807, 2.05) is 30.3 Å². The first-order chi connectivity index (χ1) is 14.0. The summed E-state index contributed by atoms with van der Waals surface area (Å²) < 4.78 is 31.7. The number of amides is 1. The highest BCUT2D eigenvalue weighted by molar-refractivity contribution is 7.89. The number of hydrogen-bond acceptors (Lipinski definition) is 6. The van der Waals surface area contributed by atoms with Crippen LogP contribution in [-0.4, -0.2) is 49.2 Å². The topological polar surface area (TPSA) is 106 Å². The molecule has 0 unspecified atom stereocenters. The lowest BCUT2D eigenvalue weighted by Crippen LogP contribution is -2.44. The minimum absolute atomic E-state index is 0.143. The fraction of sp³-hybridized carbons (Fsp3) is 0.350. The third-order valence-electron chi connectivity index (χ3n) is 4.75. The second-order valence-electron chi connectivity index (χ2n) is 6.73. The number of hydrogen-bond donors (Lipinski definition) is 1. The molecular formula is C20H23N3O5S. The first kappa shape index (κ1) is 20.9. The molecule has 154 valence electrons. The van der Waals surface area contributed by atoms with Gasteiger partial charge in [-0.05, 0) is 30.5 Å². The number of benzene rings is 1. The van der Waals surface area contributed by atoms with Crippen molar-refractivity contribution < 1.29 is 22.7 Å². The quantitative estimate of drug-likeness (QED) is 0.682. The van der Waals surface area contributed by atoms with E-state index in [2.05, 4.69) is 10.3 Å².